The van der Waals surface area contributed by atoms with E-state index in [0.717, 1.165) is 38.3 Å². The fraction of sp³-hybridized carbons (Fsp3) is 0.167. The first-order valence-corrected chi connectivity index (χ1v) is 11.3. The molecule has 0 radical (unpaired) electrons. The Balaban J connectivity index is 1.51. The molecule has 33 heavy (non-hydrogen) atoms. The van der Waals surface area contributed by atoms with Crippen molar-refractivity contribution in [2.75, 3.05) is 11.9 Å². The molecule has 1 aromatic carbocycles. The van der Waals surface area contributed by atoms with Crippen molar-refractivity contribution in [3.8, 4) is 17.0 Å². The number of rotatable bonds is 8. The Morgan fingerprint density at radius 3 is 2.79 bits per heavy atom. The molecule has 0 aliphatic carbocycles. The summed E-state index contributed by atoms with van der Waals surface area (Å²) in [6.07, 6.45) is 5.91. The summed E-state index contributed by atoms with van der Waals surface area (Å²) >= 11 is 1.38. The standard InChI is InChI=1S/C24H22N6O2S/c1-15-5-4-9-26-21(15)16-11-19-22(20(12-16)32-10-7-17-6-2-3-8-25-17)29-30-23(19)28-24-27-13-18(14-31)33-24/h2-6,8-9,11-13,31H,7,10,14H2,1H3,(H2,27,28,29,30). The Kier molecular flexibility index (Phi) is 5.97. The van der Waals surface area contributed by atoms with Crippen LogP contribution >= 0.6 is 11.3 Å². The van der Waals surface area contributed by atoms with Crippen molar-refractivity contribution in [1.82, 2.24) is 25.1 Å². The minimum atomic E-state index is -0.0436. The lowest BCUT2D eigenvalue weighted by molar-refractivity contribution is 0.285. The number of nitrogens with one attached hydrogen (secondary N) is 2. The number of benzene rings is 1. The molecule has 0 unspecified atom stereocenters. The molecule has 0 amide bonds. The third-order valence-corrected chi connectivity index (χ3v) is 6.09. The summed E-state index contributed by atoms with van der Waals surface area (Å²) in [7, 11) is 0. The van der Waals surface area contributed by atoms with Crippen LogP contribution in [0.4, 0.5) is 10.9 Å². The minimum absolute atomic E-state index is 0.0436. The average molecular weight is 459 g/mol. The van der Waals surface area contributed by atoms with Gasteiger partial charge in [-0.2, -0.15) is 5.10 Å². The van der Waals surface area contributed by atoms with Crippen LogP contribution in [0.3, 0.4) is 0 Å². The van der Waals surface area contributed by atoms with Gasteiger partial charge in [0.05, 0.1) is 23.8 Å². The zero-order valence-electron chi connectivity index (χ0n) is 17.9. The van der Waals surface area contributed by atoms with Gasteiger partial charge in [0.2, 0.25) is 0 Å². The Morgan fingerprint density at radius 1 is 1.09 bits per heavy atom. The Bertz CT molecular complexity index is 1380. The number of aromatic nitrogens is 5. The van der Waals surface area contributed by atoms with Crippen molar-refractivity contribution >= 4 is 33.2 Å². The lowest BCUT2D eigenvalue weighted by Gasteiger charge is -2.11. The zero-order valence-corrected chi connectivity index (χ0v) is 18.8. The number of aliphatic hydroxyl groups excluding tert-OH is 1. The van der Waals surface area contributed by atoms with Gasteiger partial charge < -0.3 is 15.2 Å². The van der Waals surface area contributed by atoms with Gasteiger partial charge in [0.25, 0.3) is 0 Å². The van der Waals surface area contributed by atoms with Gasteiger partial charge >= 0.3 is 0 Å². The second-order valence-electron chi connectivity index (χ2n) is 7.47. The number of aryl methyl sites for hydroxylation is 1. The minimum Gasteiger partial charge on any atom is -0.491 e. The molecule has 0 aliphatic heterocycles. The number of ether oxygens (including phenoxy) is 1. The lowest BCUT2D eigenvalue weighted by Crippen LogP contribution is -2.03. The summed E-state index contributed by atoms with van der Waals surface area (Å²) in [4.78, 5) is 14.0. The van der Waals surface area contributed by atoms with E-state index < -0.39 is 0 Å². The van der Waals surface area contributed by atoms with Crippen LogP contribution < -0.4 is 10.1 Å². The summed E-state index contributed by atoms with van der Waals surface area (Å²) in [5.41, 5.74) is 4.66. The van der Waals surface area contributed by atoms with Gasteiger partial charge in [-0.25, -0.2) is 4.98 Å². The van der Waals surface area contributed by atoms with Crippen LogP contribution in [0.1, 0.15) is 16.1 Å². The van der Waals surface area contributed by atoms with E-state index in [1.165, 1.54) is 11.3 Å². The quantitative estimate of drug-likeness (QED) is 0.311. The third-order valence-electron chi connectivity index (χ3n) is 5.20. The van der Waals surface area contributed by atoms with Crippen molar-refractivity contribution in [1.29, 1.82) is 0 Å². The second-order valence-corrected chi connectivity index (χ2v) is 8.59. The molecule has 0 atom stereocenters. The molecular weight excluding hydrogens is 436 g/mol. The number of hydrogen-bond acceptors (Lipinski definition) is 8. The first kappa shape index (κ1) is 21.0. The molecule has 9 heteroatoms. The van der Waals surface area contributed by atoms with E-state index in [9.17, 15) is 5.11 Å². The van der Waals surface area contributed by atoms with Crippen molar-refractivity contribution in [2.24, 2.45) is 0 Å². The number of aromatic amines is 1. The maximum Gasteiger partial charge on any atom is 0.188 e. The average Bonchev–Trinajstić information content (AvgIpc) is 3.47. The molecule has 0 saturated carbocycles. The van der Waals surface area contributed by atoms with E-state index in [-0.39, 0.29) is 6.61 Å². The number of thiazole rings is 1. The van der Waals surface area contributed by atoms with Crippen molar-refractivity contribution in [3.63, 3.8) is 0 Å². The predicted octanol–water partition coefficient (Wildman–Crippen LogP) is 4.64. The van der Waals surface area contributed by atoms with Crippen LogP contribution in [0, 0.1) is 6.92 Å². The molecule has 166 valence electrons. The van der Waals surface area contributed by atoms with Crippen LogP contribution in [0.25, 0.3) is 22.2 Å². The summed E-state index contributed by atoms with van der Waals surface area (Å²) < 4.78 is 6.20. The van der Waals surface area contributed by atoms with E-state index in [2.05, 4.69) is 30.5 Å². The second kappa shape index (κ2) is 9.35. The summed E-state index contributed by atoms with van der Waals surface area (Å²) in [6.45, 7) is 2.47. The number of H-pyrrole nitrogens is 1. The van der Waals surface area contributed by atoms with Gasteiger partial charge in [0.15, 0.2) is 10.9 Å². The normalized spacial score (nSPS) is 11.1. The maximum atomic E-state index is 9.33. The van der Waals surface area contributed by atoms with Crippen LogP contribution in [0.2, 0.25) is 0 Å². The van der Waals surface area contributed by atoms with Crippen molar-refractivity contribution in [2.45, 2.75) is 20.0 Å². The zero-order chi connectivity index (χ0) is 22.6. The summed E-state index contributed by atoms with van der Waals surface area (Å²) in [5.74, 6) is 1.33. The Morgan fingerprint density at radius 2 is 2.00 bits per heavy atom. The molecule has 3 N–H and O–H groups in total. The van der Waals surface area contributed by atoms with E-state index in [1.807, 2.05) is 49.4 Å². The van der Waals surface area contributed by atoms with Gasteiger partial charge in [-0.3, -0.25) is 15.1 Å². The highest BCUT2D eigenvalue weighted by Crippen LogP contribution is 2.36. The van der Waals surface area contributed by atoms with Gasteiger partial charge in [-0.05, 0) is 42.8 Å². The molecule has 0 spiro atoms. The molecule has 5 aromatic rings. The number of nitrogens with zero attached hydrogens (tertiary/aromatic N) is 4. The molecule has 4 aromatic heterocycles. The highest BCUT2D eigenvalue weighted by Gasteiger charge is 2.16. The molecular formula is C24H22N6O2S. The summed E-state index contributed by atoms with van der Waals surface area (Å²) in [6, 6.07) is 13.9. The van der Waals surface area contributed by atoms with E-state index >= 15 is 0 Å². The molecule has 8 nitrogen and oxygen atoms in total. The maximum absolute atomic E-state index is 9.33. The molecule has 4 heterocycles. The molecule has 0 saturated heterocycles. The third kappa shape index (κ3) is 4.55. The van der Waals surface area contributed by atoms with Gasteiger partial charge in [-0.15, -0.1) is 0 Å². The largest absolute Gasteiger partial charge is 0.491 e. The Hall–Kier alpha value is -3.82. The van der Waals surface area contributed by atoms with Gasteiger partial charge in [0, 0.05) is 41.7 Å². The molecule has 0 fully saturated rings. The van der Waals surface area contributed by atoms with Crippen LogP contribution in [0.5, 0.6) is 5.75 Å². The van der Waals surface area contributed by atoms with Crippen LogP contribution in [-0.2, 0) is 13.0 Å². The fourth-order valence-corrected chi connectivity index (χ4v) is 4.25. The number of pyridine rings is 2. The molecule has 0 aliphatic rings. The van der Waals surface area contributed by atoms with E-state index in [4.69, 9.17) is 4.74 Å². The highest BCUT2D eigenvalue weighted by atomic mass is 32.1. The van der Waals surface area contributed by atoms with E-state index in [1.54, 1.807) is 18.6 Å². The van der Waals surface area contributed by atoms with E-state index in [0.29, 0.717) is 29.7 Å². The van der Waals surface area contributed by atoms with Crippen LogP contribution in [0.15, 0.2) is 61.1 Å². The topological polar surface area (TPSA) is 109 Å². The van der Waals surface area contributed by atoms with Crippen molar-refractivity contribution in [3.05, 3.63) is 77.2 Å². The number of aliphatic hydroxyl groups is 1. The first-order chi connectivity index (χ1) is 16.2. The Labute approximate surface area is 194 Å². The van der Waals surface area contributed by atoms with Crippen LogP contribution in [-0.4, -0.2) is 36.9 Å². The first-order valence-electron chi connectivity index (χ1n) is 10.5. The smallest absolute Gasteiger partial charge is 0.188 e. The van der Waals surface area contributed by atoms with Gasteiger partial charge in [-0.1, -0.05) is 23.5 Å². The number of hydrogen-bond donors (Lipinski definition) is 3. The van der Waals surface area contributed by atoms with Gasteiger partial charge in [0.1, 0.15) is 11.3 Å². The van der Waals surface area contributed by atoms with Crippen molar-refractivity contribution < 1.29 is 9.84 Å². The SMILES string of the molecule is Cc1cccnc1-c1cc(OCCc2ccccn2)c2[nH]nc(Nc3ncc(CO)s3)c2c1. The fourth-order valence-electron chi connectivity index (χ4n) is 3.57. The predicted molar refractivity (Wildman–Crippen MR) is 129 cm³/mol. The number of fused-ring (bicyclic) bond motifs is 1. The summed E-state index contributed by atoms with van der Waals surface area (Å²) in [5, 5.41) is 21.7. The molecule has 5 rings (SSSR count). The number of anilines is 2. The lowest BCUT2D eigenvalue weighted by atomic mass is 10.0. The highest BCUT2D eigenvalue weighted by molar-refractivity contribution is 7.15. The monoisotopic (exact) mass is 458 g/mol. The molecule has 0 bridgehead atoms.